The molecule has 0 bridgehead atoms. The summed E-state index contributed by atoms with van der Waals surface area (Å²) in [5, 5.41) is 4.62. The Bertz CT molecular complexity index is 650. The number of aromatic nitrogens is 1. The number of carbonyl (C=O) groups excluding carboxylic acids is 1. The lowest BCUT2D eigenvalue weighted by molar-refractivity contribution is -0.115. The highest BCUT2D eigenvalue weighted by Crippen LogP contribution is 2.23. The van der Waals surface area contributed by atoms with Crippen molar-refractivity contribution in [3.05, 3.63) is 44.3 Å². The van der Waals surface area contributed by atoms with Gasteiger partial charge in [0.1, 0.15) is 16.6 Å². The number of benzene rings is 1. The van der Waals surface area contributed by atoms with Gasteiger partial charge in [-0.3, -0.25) is 4.79 Å². The molecule has 0 saturated carbocycles. The Morgan fingerprint density at radius 1 is 1.40 bits per heavy atom. The Kier molecular flexibility index (Phi) is 5.06. The first-order valence-electron chi connectivity index (χ1n) is 5.43. The second-order valence-electron chi connectivity index (χ2n) is 3.84. The predicted octanol–water partition coefficient (Wildman–Crippen LogP) is 4.10. The fourth-order valence-corrected chi connectivity index (χ4v) is 2.78. The lowest BCUT2D eigenvalue weighted by Crippen LogP contribution is -2.15. The average Bonchev–Trinajstić information content (AvgIpc) is 2.83. The minimum atomic E-state index is -0.716. The van der Waals surface area contributed by atoms with Gasteiger partial charge in [-0.2, -0.15) is 0 Å². The Hall–Kier alpha value is -1.05. The Morgan fingerprint density at radius 2 is 2.15 bits per heavy atom. The van der Waals surface area contributed by atoms with E-state index in [0.717, 1.165) is 12.1 Å². The summed E-state index contributed by atoms with van der Waals surface area (Å²) in [4.78, 5) is 15.9. The molecule has 0 aliphatic rings. The molecule has 3 nitrogen and oxygen atoms in total. The van der Waals surface area contributed by atoms with Gasteiger partial charge in [-0.25, -0.2) is 13.8 Å². The quantitative estimate of drug-likeness (QED) is 0.640. The largest absolute Gasteiger partial charge is 0.323 e. The summed E-state index contributed by atoms with van der Waals surface area (Å²) in [6.07, 6.45) is -0.0152. The smallest absolute Gasteiger partial charge is 0.231 e. The van der Waals surface area contributed by atoms with Crippen molar-refractivity contribution in [2.24, 2.45) is 0 Å². The van der Waals surface area contributed by atoms with Crippen molar-refractivity contribution in [1.29, 1.82) is 0 Å². The number of thiazole rings is 1. The molecular formula is C12H8BrClF2N2OS. The Labute approximate surface area is 131 Å². The van der Waals surface area contributed by atoms with E-state index in [1.54, 1.807) is 5.38 Å². The lowest BCUT2D eigenvalue weighted by Gasteiger charge is -2.06. The summed E-state index contributed by atoms with van der Waals surface area (Å²) in [6.45, 7) is 0. The highest BCUT2D eigenvalue weighted by molar-refractivity contribution is 9.10. The summed E-state index contributed by atoms with van der Waals surface area (Å²) in [6, 6.07) is 1.88. The first kappa shape index (κ1) is 15.3. The third-order valence-electron chi connectivity index (χ3n) is 2.33. The summed E-state index contributed by atoms with van der Waals surface area (Å²) < 4.78 is 26.8. The molecule has 1 aromatic heterocycles. The molecule has 0 spiro atoms. The zero-order valence-corrected chi connectivity index (χ0v) is 13.1. The molecular weight excluding hydrogens is 374 g/mol. The van der Waals surface area contributed by atoms with Crippen LogP contribution in [0.3, 0.4) is 0 Å². The second kappa shape index (κ2) is 6.60. The van der Waals surface area contributed by atoms with Gasteiger partial charge in [0.15, 0.2) is 0 Å². The highest BCUT2D eigenvalue weighted by Gasteiger charge is 2.13. The highest BCUT2D eigenvalue weighted by atomic mass is 79.9. The summed E-state index contributed by atoms with van der Waals surface area (Å²) >= 11 is 9.76. The van der Waals surface area contributed by atoms with Gasteiger partial charge in [0.05, 0.1) is 28.2 Å². The van der Waals surface area contributed by atoms with Crippen LogP contribution in [0.25, 0.3) is 0 Å². The molecule has 0 aliphatic heterocycles. The van der Waals surface area contributed by atoms with Crippen LogP contribution in [-0.2, 0) is 17.1 Å². The average molecular weight is 382 g/mol. The van der Waals surface area contributed by atoms with Crippen molar-refractivity contribution in [3.63, 3.8) is 0 Å². The fourth-order valence-electron chi connectivity index (χ4n) is 1.44. The monoisotopic (exact) mass is 380 g/mol. The molecule has 8 heteroatoms. The van der Waals surface area contributed by atoms with E-state index in [-0.39, 0.29) is 22.5 Å². The molecule has 1 aromatic carbocycles. The zero-order chi connectivity index (χ0) is 14.7. The van der Waals surface area contributed by atoms with Crippen molar-refractivity contribution < 1.29 is 13.6 Å². The molecule has 20 heavy (non-hydrogen) atoms. The van der Waals surface area contributed by atoms with Crippen molar-refractivity contribution in [2.45, 2.75) is 12.3 Å². The van der Waals surface area contributed by atoms with Gasteiger partial charge < -0.3 is 5.32 Å². The molecule has 2 rings (SSSR count). The van der Waals surface area contributed by atoms with Crippen molar-refractivity contribution in [3.8, 4) is 0 Å². The Morgan fingerprint density at radius 3 is 2.80 bits per heavy atom. The second-order valence-corrected chi connectivity index (χ2v) is 5.90. The van der Waals surface area contributed by atoms with Gasteiger partial charge in [-0.15, -0.1) is 22.9 Å². The minimum Gasteiger partial charge on any atom is -0.323 e. The molecule has 1 N–H and O–H groups in total. The van der Waals surface area contributed by atoms with Gasteiger partial charge >= 0.3 is 0 Å². The van der Waals surface area contributed by atoms with Crippen LogP contribution in [0, 0.1) is 11.6 Å². The SMILES string of the molecule is O=C(Cc1nc(CCl)cs1)Nc1cc(F)c(Br)cc1F. The molecule has 0 aliphatic carbocycles. The molecule has 1 heterocycles. The molecule has 0 saturated heterocycles. The number of nitrogens with one attached hydrogen (secondary N) is 1. The summed E-state index contributed by atoms with van der Waals surface area (Å²) in [5.74, 6) is -1.57. The molecule has 0 radical (unpaired) electrons. The third kappa shape index (κ3) is 3.74. The van der Waals surface area contributed by atoms with Crippen LogP contribution in [-0.4, -0.2) is 10.9 Å². The molecule has 1 amide bonds. The van der Waals surface area contributed by atoms with Crippen LogP contribution in [0.5, 0.6) is 0 Å². The van der Waals surface area contributed by atoms with Gasteiger partial charge in [0.2, 0.25) is 5.91 Å². The molecule has 2 aromatic rings. The van der Waals surface area contributed by atoms with E-state index in [1.165, 1.54) is 11.3 Å². The van der Waals surface area contributed by atoms with Gasteiger partial charge in [0, 0.05) is 11.4 Å². The maximum Gasteiger partial charge on any atom is 0.231 e. The number of hydrogen-bond acceptors (Lipinski definition) is 3. The van der Waals surface area contributed by atoms with E-state index in [1.807, 2.05) is 0 Å². The number of anilines is 1. The van der Waals surface area contributed by atoms with E-state index in [0.29, 0.717) is 10.7 Å². The van der Waals surface area contributed by atoms with Crippen LogP contribution in [0.2, 0.25) is 0 Å². The van der Waals surface area contributed by atoms with Crippen LogP contribution < -0.4 is 5.32 Å². The van der Waals surface area contributed by atoms with Gasteiger partial charge in [0.25, 0.3) is 0 Å². The topological polar surface area (TPSA) is 42.0 Å². The van der Waals surface area contributed by atoms with Gasteiger partial charge in [-0.1, -0.05) is 0 Å². The normalized spacial score (nSPS) is 10.6. The number of nitrogens with zero attached hydrogens (tertiary/aromatic N) is 1. The standard InChI is InChI=1S/C12H8BrClF2N2OS/c13-7-1-9(16)10(2-8(7)15)18-11(19)3-12-17-6(4-14)5-20-12/h1-2,5H,3-4H2,(H,18,19). The van der Waals surface area contributed by atoms with E-state index in [9.17, 15) is 13.6 Å². The molecule has 0 fully saturated rings. The number of rotatable bonds is 4. The van der Waals surface area contributed by atoms with E-state index in [4.69, 9.17) is 11.6 Å². The maximum absolute atomic E-state index is 13.5. The van der Waals surface area contributed by atoms with Crippen LogP contribution in [0.1, 0.15) is 10.7 Å². The third-order valence-corrected chi connectivity index (χ3v) is 4.11. The number of amides is 1. The summed E-state index contributed by atoms with van der Waals surface area (Å²) in [7, 11) is 0. The van der Waals surface area contributed by atoms with Crippen molar-refractivity contribution in [1.82, 2.24) is 4.98 Å². The summed E-state index contributed by atoms with van der Waals surface area (Å²) in [5.41, 5.74) is 0.477. The number of halogens is 4. The van der Waals surface area contributed by atoms with Crippen LogP contribution in [0.4, 0.5) is 14.5 Å². The molecule has 0 unspecified atom stereocenters. The van der Waals surface area contributed by atoms with Crippen LogP contribution in [0.15, 0.2) is 22.0 Å². The van der Waals surface area contributed by atoms with E-state index < -0.39 is 17.5 Å². The maximum atomic E-state index is 13.5. The van der Waals surface area contributed by atoms with Crippen LogP contribution >= 0.6 is 38.9 Å². The van der Waals surface area contributed by atoms with E-state index >= 15 is 0 Å². The Balaban J connectivity index is 2.06. The molecule has 106 valence electrons. The van der Waals surface area contributed by atoms with E-state index in [2.05, 4.69) is 26.2 Å². The van der Waals surface area contributed by atoms with Crippen molar-refractivity contribution in [2.75, 3.05) is 5.32 Å². The predicted molar refractivity (Wildman–Crippen MR) is 78.1 cm³/mol. The first-order valence-corrected chi connectivity index (χ1v) is 7.64. The van der Waals surface area contributed by atoms with Gasteiger partial charge in [-0.05, 0) is 22.0 Å². The fraction of sp³-hybridized carbons (Fsp3) is 0.167. The lowest BCUT2D eigenvalue weighted by atomic mass is 10.3. The number of alkyl halides is 1. The number of carbonyl (C=O) groups is 1. The molecule has 0 atom stereocenters. The number of hydrogen-bond donors (Lipinski definition) is 1. The minimum absolute atomic E-state index is 0.000299. The zero-order valence-electron chi connectivity index (χ0n) is 9.92. The van der Waals surface area contributed by atoms with Crippen molar-refractivity contribution >= 4 is 50.5 Å². The first-order chi connectivity index (χ1) is 9.49.